The number of carbonyl (C=O) groups is 1. The molecule has 0 spiro atoms. The number of esters is 1. The van der Waals surface area contributed by atoms with E-state index in [0.717, 1.165) is 41.3 Å². The van der Waals surface area contributed by atoms with E-state index < -0.39 is 8.32 Å². The van der Waals surface area contributed by atoms with Gasteiger partial charge in [0.05, 0.1) is 18.7 Å². The highest BCUT2D eigenvalue weighted by Gasteiger charge is 2.44. The first-order valence-corrected chi connectivity index (χ1v) is 15.7. The number of nitriles is 1. The Balaban J connectivity index is 1.56. The van der Waals surface area contributed by atoms with Crippen molar-refractivity contribution in [3.63, 3.8) is 0 Å². The zero-order valence-electron chi connectivity index (χ0n) is 23.0. The molecule has 196 valence electrons. The van der Waals surface area contributed by atoms with Gasteiger partial charge in [0.15, 0.2) is 0 Å². The van der Waals surface area contributed by atoms with Gasteiger partial charge in [-0.15, -0.1) is 0 Å². The van der Waals surface area contributed by atoms with Crippen LogP contribution in [0, 0.1) is 11.3 Å². The fraction of sp³-hybridized carbons (Fsp3) is 0.333. The van der Waals surface area contributed by atoms with Gasteiger partial charge in [0.2, 0.25) is 0 Å². The Morgan fingerprint density at radius 1 is 0.974 bits per heavy atom. The van der Waals surface area contributed by atoms with Crippen LogP contribution in [0.4, 0.5) is 0 Å². The standard InChI is InChI=1S/C33H37NO3Si/c1-23(2)38(24(3)4,37-29-19-17-26(18-20-29)30-10-7-6-9-28(30)21-34)22-25-13-15-27(16-14-25)31-11-8-12-32(31)33(35)36-5/h6-7,9-10,12-20,23-24,31H,8,11,22H2,1-5H3. The SMILES string of the molecule is COC(=O)C1=CCCC1c1ccc(C[Si](Oc2ccc(-c3ccccc3C#N)cc2)(C(C)C)C(C)C)cc1. The van der Waals surface area contributed by atoms with E-state index >= 15 is 0 Å². The Labute approximate surface area is 228 Å². The first-order chi connectivity index (χ1) is 18.3. The van der Waals surface area contributed by atoms with Gasteiger partial charge in [0.1, 0.15) is 5.75 Å². The topological polar surface area (TPSA) is 59.3 Å². The van der Waals surface area contributed by atoms with Crippen molar-refractivity contribution in [2.24, 2.45) is 0 Å². The van der Waals surface area contributed by atoms with Crippen molar-refractivity contribution in [1.29, 1.82) is 5.26 Å². The van der Waals surface area contributed by atoms with Crippen LogP contribution in [0.5, 0.6) is 5.75 Å². The van der Waals surface area contributed by atoms with Gasteiger partial charge in [-0.05, 0) is 64.4 Å². The van der Waals surface area contributed by atoms with Crippen molar-refractivity contribution in [3.05, 3.63) is 101 Å². The van der Waals surface area contributed by atoms with Crippen molar-refractivity contribution in [3.8, 4) is 22.9 Å². The number of nitrogens with zero attached hydrogens (tertiary/aromatic N) is 1. The molecular formula is C33H37NO3Si. The maximum absolute atomic E-state index is 12.2. The van der Waals surface area contributed by atoms with Crippen LogP contribution in [0.15, 0.2) is 84.4 Å². The number of hydrogen-bond donors (Lipinski definition) is 0. The Hall–Kier alpha value is -3.62. The maximum Gasteiger partial charge on any atom is 0.334 e. The number of methoxy groups -OCH3 is 1. The van der Waals surface area contributed by atoms with Gasteiger partial charge < -0.3 is 9.16 Å². The van der Waals surface area contributed by atoms with Crippen LogP contribution in [0.1, 0.15) is 63.1 Å². The second-order valence-electron chi connectivity index (χ2n) is 10.7. The van der Waals surface area contributed by atoms with Crippen molar-refractivity contribution in [2.75, 3.05) is 7.11 Å². The van der Waals surface area contributed by atoms with Crippen molar-refractivity contribution in [2.45, 2.75) is 63.6 Å². The molecular weight excluding hydrogens is 486 g/mol. The zero-order valence-corrected chi connectivity index (χ0v) is 24.0. The average molecular weight is 524 g/mol. The quantitative estimate of drug-likeness (QED) is 0.210. The maximum atomic E-state index is 12.2. The van der Waals surface area contributed by atoms with Crippen LogP contribution in [0.25, 0.3) is 11.1 Å². The van der Waals surface area contributed by atoms with Gasteiger partial charge in [-0.3, -0.25) is 0 Å². The molecule has 0 saturated heterocycles. The van der Waals surface area contributed by atoms with E-state index in [-0.39, 0.29) is 11.9 Å². The fourth-order valence-corrected chi connectivity index (χ4v) is 9.82. The van der Waals surface area contributed by atoms with Gasteiger partial charge in [-0.1, -0.05) is 88.4 Å². The van der Waals surface area contributed by atoms with Crippen molar-refractivity contribution >= 4 is 14.3 Å². The van der Waals surface area contributed by atoms with E-state index in [9.17, 15) is 10.1 Å². The molecule has 0 bridgehead atoms. The molecule has 3 aromatic carbocycles. The van der Waals surface area contributed by atoms with Crippen molar-refractivity contribution < 1.29 is 14.0 Å². The molecule has 0 radical (unpaired) electrons. The summed E-state index contributed by atoms with van der Waals surface area (Å²) in [6.45, 7) is 9.13. The number of allylic oxidation sites excluding steroid dienone is 1. The zero-order chi connectivity index (χ0) is 27.3. The predicted octanol–water partition coefficient (Wildman–Crippen LogP) is 8.13. The molecule has 4 nitrogen and oxygen atoms in total. The summed E-state index contributed by atoms with van der Waals surface area (Å²) in [5.41, 5.74) is 6.64. The molecule has 5 heteroatoms. The minimum absolute atomic E-state index is 0.106. The highest BCUT2D eigenvalue weighted by Crippen LogP contribution is 2.39. The Bertz CT molecular complexity index is 1330. The van der Waals surface area contributed by atoms with Crippen LogP contribution in [0.2, 0.25) is 11.1 Å². The van der Waals surface area contributed by atoms with Gasteiger partial charge in [-0.2, -0.15) is 5.26 Å². The number of hydrogen-bond acceptors (Lipinski definition) is 4. The summed E-state index contributed by atoms with van der Waals surface area (Å²) in [6.07, 6.45) is 3.86. The molecule has 0 heterocycles. The van der Waals surface area contributed by atoms with Crippen LogP contribution in [-0.4, -0.2) is 21.4 Å². The summed E-state index contributed by atoms with van der Waals surface area (Å²) >= 11 is 0. The molecule has 0 saturated carbocycles. The third-order valence-corrected chi connectivity index (χ3v) is 13.4. The molecule has 0 fully saturated rings. The van der Waals surface area contributed by atoms with E-state index in [4.69, 9.17) is 9.16 Å². The van der Waals surface area contributed by atoms with Crippen LogP contribution in [-0.2, 0) is 15.6 Å². The lowest BCUT2D eigenvalue weighted by molar-refractivity contribution is -0.136. The summed E-state index contributed by atoms with van der Waals surface area (Å²) < 4.78 is 12.0. The molecule has 0 N–H and O–H groups in total. The smallest absolute Gasteiger partial charge is 0.334 e. The first-order valence-electron chi connectivity index (χ1n) is 13.4. The number of benzene rings is 3. The van der Waals surface area contributed by atoms with E-state index in [2.05, 4.69) is 58.0 Å². The highest BCUT2D eigenvalue weighted by atomic mass is 28.4. The summed E-state index contributed by atoms with van der Waals surface area (Å²) in [4.78, 5) is 12.2. The molecule has 0 aromatic heterocycles. The minimum Gasteiger partial charge on any atom is -0.543 e. The lowest BCUT2D eigenvalue weighted by atomic mass is 9.92. The Morgan fingerprint density at radius 3 is 2.24 bits per heavy atom. The highest BCUT2D eigenvalue weighted by molar-refractivity contribution is 6.76. The lowest BCUT2D eigenvalue weighted by Crippen LogP contribution is -2.50. The summed E-state index contributed by atoms with van der Waals surface area (Å²) in [7, 11) is -0.823. The van der Waals surface area contributed by atoms with E-state index in [0.29, 0.717) is 16.6 Å². The second-order valence-corrected chi connectivity index (χ2v) is 15.5. The minimum atomic E-state index is -2.27. The van der Waals surface area contributed by atoms with Gasteiger partial charge in [0.25, 0.3) is 8.32 Å². The molecule has 1 unspecified atom stereocenters. The van der Waals surface area contributed by atoms with Crippen LogP contribution >= 0.6 is 0 Å². The summed E-state index contributed by atoms with van der Waals surface area (Å²) in [6, 6.07) is 27.8. The first kappa shape index (κ1) is 27.4. The molecule has 4 rings (SSSR count). The van der Waals surface area contributed by atoms with Crippen LogP contribution in [0.3, 0.4) is 0 Å². The van der Waals surface area contributed by atoms with Gasteiger partial charge in [-0.25, -0.2) is 4.79 Å². The normalized spacial score (nSPS) is 15.3. The Morgan fingerprint density at radius 2 is 1.63 bits per heavy atom. The third kappa shape index (κ3) is 5.61. The summed E-state index contributed by atoms with van der Waals surface area (Å²) in [5, 5.41) is 9.48. The monoisotopic (exact) mass is 523 g/mol. The fourth-order valence-electron chi connectivity index (χ4n) is 5.68. The molecule has 0 aliphatic heterocycles. The average Bonchev–Trinajstić information content (AvgIpc) is 3.43. The predicted molar refractivity (Wildman–Crippen MR) is 155 cm³/mol. The van der Waals surface area contributed by atoms with E-state index in [1.165, 1.54) is 18.2 Å². The molecule has 1 aliphatic carbocycles. The van der Waals surface area contributed by atoms with Gasteiger partial charge >= 0.3 is 5.97 Å². The van der Waals surface area contributed by atoms with Crippen molar-refractivity contribution in [1.82, 2.24) is 0 Å². The van der Waals surface area contributed by atoms with E-state index in [1.54, 1.807) is 0 Å². The second kappa shape index (κ2) is 11.8. The van der Waals surface area contributed by atoms with Gasteiger partial charge in [0, 0.05) is 17.5 Å². The van der Waals surface area contributed by atoms with Crippen LogP contribution < -0.4 is 4.43 Å². The number of rotatable bonds is 9. The Kier molecular flexibility index (Phi) is 8.54. The largest absolute Gasteiger partial charge is 0.543 e. The van der Waals surface area contributed by atoms with E-state index in [1.807, 2.05) is 54.6 Å². The third-order valence-electron chi connectivity index (χ3n) is 7.95. The molecule has 1 aliphatic rings. The molecule has 3 aromatic rings. The number of carbonyl (C=O) groups excluding carboxylic acids is 1. The molecule has 0 amide bonds. The molecule has 1 atom stereocenters. The molecule has 38 heavy (non-hydrogen) atoms. The summed E-state index contributed by atoms with van der Waals surface area (Å²) in [5.74, 6) is 0.764. The lowest BCUT2D eigenvalue weighted by Gasteiger charge is -2.39. The number of ether oxygens (including phenoxy) is 1.